The average Bonchev–Trinajstić information content (AvgIpc) is 2.56. The molecule has 0 spiro atoms. The van der Waals surface area contributed by atoms with Crippen molar-refractivity contribution in [3.05, 3.63) is 23.9 Å². The molecular weight excluding hydrogens is 260 g/mol. The van der Waals surface area contributed by atoms with Crippen LogP contribution in [-0.2, 0) is 6.54 Å². The number of piperidine rings is 2. The Labute approximate surface area is 128 Å². The first-order valence-electron chi connectivity index (χ1n) is 8.45. The molecule has 1 N–H and O–H groups in total. The Bertz CT molecular complexity index is 434. The molecule has 0 radical (unpaired) electrons. The van der Waals surface area contributed by atoms with Gasteiger partial charge in [-0.3, -0.25) is 4.90 Å². The fourth-order valence-corrected chi connectivity index (χ4v) is 3.66. The highest BCUT2D eigenvalue weighted by Crippen LogP contribution is 2.21. The van der Waals surface area contributed by atoms with Crippen LogP contribution in [0.3, 0.4) is 0 Å². The predicted molar refractivity (Wildman–Crippen MR) is 87.5 cm³/mol. The van der Waals surface area contributed by atoms with E-state index >= 15 is 0 Å². The van der Waals surface area contributed by atoms with Crippen LogP contribution in [0.2, 0.25) is 0 Å². The van der Waals surface area contributed by atoms with E-state index in [1.807, 2.05) is 13.1 Å². The van der Waals surface area contributed by atoms with Gasteiger partial charge in [-0.15, -0.1) is 0 Å². The van der Waals surface area contributed by atoms with E-state index in [4.69, 9.17) is 0 Å². The van der Waals surface area contributed by atoms with Gasteiger partial charge in [-0.05, 0) is 50.9 Å². The molecule has 1 aromatic heterocycles. The molecule has 0 amide bonds. The van der Waals surface area contributed by atoms with E-state index in [0.29, 0.717) is 0 Å². The van der Waals surface area contributed by atoms with Crippen LogP contribution < -0.4 is 5.32 Å². The molecule has 1 aromatic rings. The second-order valence-electron chi connectivity index (χ2n) is 6.37. The summed E-state index contributed by atoms with van der Waals surface area (Å²) in [4.78, 5) is 9.93. The summed E-state index contributed by atoms with van der Waals surface area (Å²) in [6.07, 6.45) is 6.89. The van der Waals surface area contributed by atoms with E-state index in [2.05, 4.69) is 32.2 Å². The largest absolute Gasteiger partial charge is 0.373 e. The molecule has 116 valence electrons. The summed E-state index contributed by atoms with van der Waals surface area (Å²) in [7, 11) is 1.93. The molecule has 0 aromatic carbocycles. The maximum absolute atomic E-state index is 4.63. The highest BCUT2D eigenvalue weighted by atomic mass is 15.2. The van der Waals surface area contributed by atoms with Gasteiger partial charge in [0.05, 0.1) is 5.69 Å². The summed E-state index contributed by atoms with van der Waals surface area (Å²) in [6, 6.07) is 7.08. The number of aromatic nitrogens is 1. The Morgan fingerprint density at radius 3 is 2.57 bits per heavy atom. The minimum absolute atomic E-state index is 0.832. The number of rotatable bonds is 4. The van der Waals surface area contributed by atoms with Crippen molar-refractivity contribution in [2.75, 3.05) is 38.5 Å². The van der Waals surface area contributed by atoms with E-state index in [9.17, 15) is 0 Å². The molecule has 21 heavy (non-hydrogen) atoms. The second-order valence-corrected chi connectivity index (χ2v) is 6.37. The lowest BCUT2D eigenvalue weighted by Crippen LogP contribution is -2.46. The summed E-state index contributed by atoms with van der Waals surface area (Å²) in [6.45, 7) is 6.08. The molecule has 3 heterocycles. The smallest absolute Gasteiger partial charge is 0.126 e. The summed E-state index contributed by atoms with van der Waals surface area (Å²) >= 11 is 0. The zero-order valence-electron chi connectivity index (χ0n) is 13.2. The molecule has 4 nitrogen and oxygen atoms in total. The molecule has 0 unspecified atom stereocenters. The summed E-state index contributed by atoms with van der Waals surface area (Å²) in [5, 5.41) is 3.12. The molecule has 4 heteroatoms. The molecule has 0 bridgehead atoms. The van der Waals surface area contributed by atoms with Gasteiger partial charge in [0.2, 0.25) is 0 Å². The first-order valence-corrected chi connectivity index (χ1v) is 8.45. The lowest BCUT2D eigenvalue weighted by molar-refractivity contribution is 0.0891. The Hall–Kier alpha value is -1.13. The Morgan fingerprint density at radius 1 is 1.10 bits per heavy atom. The molecule has 2 fully saturated rings. The monoisotopic (exact) mass is 288 g/mol. The number of hydrogen-bond donors (Lipinski definition) is 1. The van der Waals surface area contributed by atoms with E-state index in [1.54, 1.807) is 0 Å². The van der Waals surface area contributed by atoms with Crippen LogP contribution in [0.5, 0.6) is 0 Å². The molecule has 2 aliphatic rings. The lowest BCUT2D eigenvalue weighted by atomic mass is 10.00. The van der Waals surface area contributed by atoms with Gasteiger partial charge in [-0.1, -0.05) is 12.5 Å². The standard InChI is InChI=1S/C17H28N4/c1-18-17-7-5-6-15(19-17)14-20-12-8-16(9-13-20)21-10-3-2-4-11-21/h5-7,16H,2-4,8-14H2,1H3,(H,18,19). The van der Waals surface area contributed by atoms with Crippen molar-refractivity contribution in [1.82, 2.24) is 14.8 Å². The van der Waals surface area contributed by atoms with Crippen molar-refractivity contribution in [3.63, 3.8) is 0 Å². The van der Waals surface area contributed by atoms with Crippen LogP contribution in [0, 0.1) is 0 Å². The SMILES string of the molecule is CNc1cccc(CN2CCC(N3CCCCC3)CC2)n1. The normalized spacial score (nSPS) is 22.3. The predicted octanol–water partition coefficient (Wildman–Crippen LogP) is 2.57. The van der Waals surface area contributed by atoms with Gasteiger partial charge < -0.3 is 10.2 Å². The van der Waals surface area contributed by atoms with Gasteiger partial charge in [0.15, 0.2) is 0 Å². The Morgan fingerprint density at radius 2 is 1.86 bits per heavy atom. The fraction of sp³-hybridized carbons (Fsp3) is 0.706. The third-order valence-electron chi connectivity index (χ3n) is 4.91. The van der Waals surface area contributed by atoms with E-state index in [1.165, 1.54) is 64.0 Å². The molecule has 2 aliphatic heterocycles. The second kappa shape index (κ2) is 7.23. The maximum Gasteiger partial charge on any atom is 0.126 e. The molecular formula is C17H28N4. The van der Waals surface area contributed by atoms with Crippen LogP contribution in [0.25, 0.3) is 0 Å². The molecule has 0 saturated carbocycles. The van der Waals surface area contributed by atoms with Crippen LogP contribution in [0.15, 0.2) is 18.2 Å². The van der Waals surface area contributed by atoms with Crippen molar-refractivity contribution in [2.45, 2.75) is 44.7 Å². The molecule has 0 aliphatic carbocycles. The van der Waals surface area contributed by atoms with Crippen LogP contribution >= 0.6 is 0 Å². The number of hydrogen-bond acceptors (Lipinski definition) is 4. The van der Waals surface area contributed by atoms with Gasteiger partial charge >= 0.3 is 0 Å². The number of nitrogens with zero attached hydrogens (tertiary/aromatic N) is 3. The zero-order valence-corrected chi connectivity index (χ0v) is 13.2. The van der Waals surface area contributed by atoms with E-state index in [-0.39, 0.29) is 0 Å². The van der Waals surface area contributed by atoms with Gasteiger partial charge in [0.25, 0.3) is 0 Å². The van der Waals surface area contributed by atoms with Crippen molar-refractivity contribution in [1.29, 1.82) is 0 Å². The van der Waals surface area contributed by atoms with Gasteiger partial charge in [-0.2, -0.15) is 0 Å². The number of likely N-dealkylation sites (tertiary alicyclic amines) is 2. The summed E-state index contributed by atoms with van der Waals surface area (Å²) in [5.41, 5.74) is 1.18. The Balaban J connectivity index is 1.48. The fourth-order valence-electron chi connectivity index (χ4n) is 3.66. The first kappa shape index (κ1) is 14.8. The Kier molecular flexibility index (Phi) is 5.09. The molecule has 2 saturated heterocycles. The van der Waals surface area contributed by atoms with Crippen molar-refractivity contribution < 1.29 is 0 Å². The van der Waals surface area contributed by atoms with E-state index < -0.39 is 0 Å². The number of pyridine rings is 1. The number of anilines is 1. The first-order chi connectivity index (χ1) is 10.3. The average molecular weight is 288 g/mol. The third kappa shape index (κ3) is 3.95. The highest BCUT2D eigenvalue weighted by Gasteiger charge is 2.25. The van der Waals surface area contributed by atoms with Crippen molar-refractivity contribution >= 4 is 5.82 Å². The maximum atomic E-state index is 4.63. The number of nitrogens with one attached hydrogen (secondary N) is 1. The van der Waals surface area contributed by atoms with Crippen LogP contribution in [-0.4, -0.2) is 54.1 Å². The zero-order chi connectivity index (χ0) is 14.5. The van der Waals surface area contributed by atoms with Crippen molar-refractivity contribution in [3.8, 4) is 0 Å². The topological polar surface area (TPSA) is 31.4 Å². The van der Waals surface area contributed by atoms with Gasteiger partial charge in [0, 0.05) is 32.7 Å². The quantitative estimate of drug-likeness (QED) is 0.923. The lowest BCUT2D eigenvalue weighted by Gasteiger charge is -2.40. The highest BCUT2D eigenvalue weighted by molar-refractivity contribution is 5.34. The minimum atomic E-state index is 0.832. The van der Waals surface area contributed by atoms with Crippen molar-refractivity contribution in [2.24, 2.45) is 0 Å². The minimum Gasteiger partial charge on any atom is -0.373 e. The third-order valence-corrected chi connectivity index (χ3v) is 4.91. The molecule has 0 atom stereocenters. The van der Waals surface area contributed by atoms with E-state index in [0.717, 1.165) is 18.4 Å². The molecule has 3 rings (SSSR count). The van der Waals surface area contributed by atoms with Gasteiger partial charge in [0.1, 0.15) is 5.82 Å². The van der Waals surface area contributed by atoms with Crippen LogP contribution in [0.4, 0.5) is 5.82 Å². The van der Waals surface area contributed by atoms with Gasteiger partial charge in [-0.25, -0.2) is 4.98 Å². The summed E-state index contributed by atoms with van der Waals surface area (Å²) in [5.74, 6) is 0.968. The summed E-state index contributed by atoms with van der Waals surface area (Å²) < 4.78 is 0. The van der Waals surface area contributed by atoms with Crippen LogP contribution in [0.1, 0.15) is 37.8 Å².